The van der Waals surface area contributed by atoms with Crippen molar-refractivity contribution in [2.24, 2.45) is 0 Å². The third-order valence-corrected chi connectivity index (χ3v) is 6.73. The van der Waals surface area contributed by atoms with E-state index >= 15 is 0 Å². The fourth-order valence-electron chi connectivity index (χ4n) is 3.65. The minimum atomic E-state index is -4.01. The molecule has 5 rings (SSSR count). The minimum Gasteiger partial charge on any atom is -0.452 e. The Labute approximate surface area is 198 Å². The van der Waals surface area contributed by atoms with E-state index in [0.29, 0.717) is 5.56 Å². The summed E-state index contributed by atoms with van der Waals surface area (Å²) in [7, 11) is -4.01. The molecule has 4 aromatic rings. The zero-order valence-electron chi connectivity index (χ0n) is 18.3. The SMILES string of the molecule is Cc1ccc(S(=O)(=O)Oc2ccc3c(c2)OC(=Cc2ccc(-c4ccccc4)cc2)C3=O)cc1. The van der Waals surface area contributed by atoms with E-state index in [1.165, 1.54) is 30.3 Å². The highest BCUT2D eigenvalue weighted by Gasteiger charge is 2.28. The summed E-state index contributed by atoms with van der Waals surface area (Å²) in [6.45, 7) is 1.87. The zero-order chi connectivity index (χ0) is 23.7. The van der Waals surface area contributed by atoms with E-state index in [0.717, 1.165) is 22.3 Å². The van der Waals surface area contributed by atoms with E-state index in [-0.39, 0.29) is 27.9 Å². The number of allylic oxidation sites excluding steroid dienone is 1. The van der Waals surface area contributed by atoms with E-state index in [2.05, 4.69) is 0 Å². The lowest BCUT2D eigenvalue weighted by molar-refractivity contribution is 0.101. The van der Waals surface area contributed by atoms with Crippen LogP contribution in [0.4, 0.5) is 0 Å². The van der Waals surface area contributed by atoms with Crippen LogP contribution in [0.25, 0.3) is 17.2 Å². The Hall–Kier alpha value is -4.16. The Balaban J connectivity index is 1.35. The fraction of sp³-hybridized carbons (Fsp3) is 0.0357. The van der Waals surface area contributed by atoms with Gasteiger partial charge >= 0.3 is 10.1 Å². The van der Waals surface area contributed by atoms with Gasteiger partial charge in [-0.3, -0.25) is 4.79 Å². The molecule has 0 radical (unpaired) electrons. The van der Waals surface area contributed by atoms with Crippen molar-refractivity contribution in [2.45, 2.75) is 11.8 Å². The van der Waals surface area contributed by atoms with Gasteiger partial charge in [0.1, 0.15) is 16.4 Å². The van der Waals surface area contributed by atoms with Crippen LogP contribution in [-0.2, 0) is 10.1 Å². The van der Waals surface area contributed by atoms with Crippen molar-refractivity contribution in [2.75, 3.05) is 0 Å². The van der Waals surface area contributed by atoms with Crippen LogP contribution in [0.5, 0.6) is 11.5 Å². The van der Waals surface area contributed by atoms with Gasteiger partial charge in [0.25, 0.3) is 0 Å². The van der Waals surface area contributed by atoms with E-state index in [4.69, 9.17) is 8.92 Å². The van der Waals surface area contributed by atoms with Crippen LogP contribution in [0.3, 0.4) is 0 Å². The molecule has 0 aliphatic carbocycles. The first kappa shape index (κ1) is 21.7. The number of aryl methyl sites for hydroxylation is 1. The second-order valence-corrected chi connectivity index (χ2v) is 9.48. The molecular weight excluding hydrogens is 448 g/mol. The van der Waals surface area contributed by atoms with Crippen LogP contribution in [0.1, 0.15) is 21.5 Å². The van der Waals surface area contributed by atoms with Crippen molar-refractivity contribution in [1.29, 1.82) is 0 Å². The molecule has 0 saturated heterocycles. The van der Waals surface area contributed by atoms with Crippen LogP contribution < -0.4 is 8.92 Å². The Morgan fingerprint density at radius 1 is 0.794 bits per heavy atom. The molecule has 0 saturated carbocycles. The number of carbonyl (C=O) groups is 1. The highest BCUT2D eigenvalue weighted by atomic mass is 32.2. The Morgan fingerprint density at radius 2 is 1.47 bits per heavy atom. The molecule has 0 amide bonds. The first-order chi connectivity index (χ1) is 16.4. The largest absolute Gasteiger partial charge is 0.452 e. The Morgan fingerprint density at radius 3 is 2.18 bits per heavy atom. The van der Waals surface area contributed by atoms with Crippen molar-refractivity contribution in [3.8, 4) is 22.6 Å². The van der Waals surface area contributed by atoms with Crippen LogP contribution in [0.15, 0.2) is 108 Å². The highest BCUT2D eigenvalue weighted by Crippen LogP contribution is 2.36. The van der Waals surface area contributed by atoms with Crippen molar-refractivity contribution in [3.05, 3.63) is 120 Å². The van der Waals surface area contributed by atoms with Gasteiger partial charge in [-0.15, -0.1) is 0 Å². The summed E-state index contributed by atoms with van der Waals surface area (Å²) < 4.78 is 36.2. The van der Waals surface area contributed by atoms with Gasteiger partial charge in [0, 0.05) is 6.07 Å². The summed E-state index contributed by atoms with van der Waals surface area (Å²) in [4.78, 5) is 12.8. The molecule has 0 N–H and O–H groups in total. The van der Waals surface area contributed by atoms with Gasteiger partial charge < -0.3 is 8.92 Å². The number of carbonyl (C=O) groups excluding carboxylic acids is 1. The lowest BCUT2D eigenvalue weighted by Crippen LogP contribution is -2.09. The van der Waals surface area contributed by atoms with Gasteiger partial charge in [0.05, 0.1) is 5.56 Å². The predicted octanol–water partition coefficient (Wildman–Crippen LogP) is 6.05. The van der Waals surface area contributed by atoms with E-state index in [9.17, 15) is 13.2 Å². The highest BCUT2D eigenvalue weighted by molar-refractivity contribution is 7.87. The number of fused-ring (bicyclic) bond motifs is 1. The van der Waals surface area contributed by atoms with Crippen LogP contribution >= 0.6 is 0 Å². The number of ketones is 1. The van der Waals surface area contributed by atoms with Crippen molar-refractivity contribution in [1.82, 2.24) is 0 Å². The molecule has 6 heteroatoms. The number of rotatable bonds is 5. The Kier molecular flexibility index (Phi) is 5.51. The molecule has 4 aromatic carbocycles. The lowest BCUT2D eigenvalue weighted by atomic mass is 10.0. The third-order valence-electron chi connectivity index (χ3n) is 5.47. The van der Waals surface area contributed by atoms with E-state index in [1.54, 1.807) is 18.2 Å². The topological polar surface area (TPSA) is 69.7 Å². The summed E-state index contributed by atoms with van der Waals surface area (Å²) in [5.41, 5.74) is 4.29. The average molecular weight is 469 g/mol. The van der Waals surface area contributed by atoms with Crippen LogP contribution in [0, 0.1) is 6.92 Å². The van der Waals surface area contributed by atoms with Gasteiger partial charge in [-0.25, -0.2) is 0 Å². The smallest absolute Gasteiger partial charge is 0.339 e. The average Bonchev–Trinajstić information content (AvgIpc) is 3.14. The number of hydrogen-bond donors (Lipinski definition) is 0. The van der Waals surface area contributed by atoms with Crippen molar-refractivity contribution in [3.63, 3.8) is 0 Å². The third kappa shape index (κ3) is 4.36. The standard InChI is InChI=1S/C28H20O5S/c1-19-7-14-24(15-8-19)34(30,31)33-23-13-16-25-26(18-23)32-27(28(25)29)17-20-9-11-22(12-10-20)21-5-3-2-4-6-21/h2-18H,1H3. The molecule has 0 unspecified atom stereocenters. The summed E-state index contributed by atoms with van der Waals surface area (Å²) in [5.74, 6) is 0.227. The fourth-order valence-corrected chi connectivity index (χ4v) is 4.58. The van der Waals surface area contributed by atoms with Crippen molar-refractivity contribution < 1.29 is 22.1 Å². The zero-order valence-corrected chi connectivity index (χ0v) is 19.1. The van der Waals surface area contributed by atoms with Gasteiger partial charge in [-0.05, 0) is 54.0 Å². The maximum absolute atomic E-state index is 12.8. The second kappa shape index (κ2) is 8.65. The lowest BCUT2D eigenvalue weighted by Gasteiger charge is -2.08. The molecule has 0 aromatic heterocycles. The number of ether oxygens (including phenoxy) is 1. The quantitative estimate of drug-likeness (QED) is 0.264. The van der Waals surface area contributed by atoms with Crippen LogP contribution in [0.2, 0.25) is 0 Å². The normalized spacial score (nSPS) is 14.0. The van der Waals surface area contributed by atoms with Crippen molar-refractivity contribution >= 4 is 22.0 Å². The molecule has 0 bridgehead atoms. The molecule has 0 atom stereocenters. The summed E-state index contributed by atoms with van der Waals surface area (Å²) in [6.07, 6.45) is 1.67. The monoisotopic (exact) mass is 468 g/mol. The molecule has 0 fully saturated rings. The van der Waals surface area contributed by atoms with Gasteiger partial charge in [-0.1, -0.05) is 72.3 Å². The molecule has 1 aliphatic heterocycles. The number of hydrogen-bond acceptors (Lipinski definition) is 5. The van der Waals surface area contributed by atoms with Crippen LogP contribution in [-0.4, -0.2) is 14.2 Å². The molecule has 5 nitrogen and oxygen atoms in total. The molecule has 0 spiro atoms. The van der Waals surface area contributed by atoms with E-state index < -0.39 is 10.1 Å². The number of Topliss-reactive ketones (excluding diaryl/α,β-unsaturated/α-hetero) is 1. The predicted molar refractivity (Wildman–Crippen MR) is 130 cm³/mol. The summed E-state index contributed by atoms with van der Waals surface area (Å²) in [6, 6.07) is 28.5. The molecule has 1 heterocycles. The first-order valence-electron chi connectivity index (χ1n) is 10.6. The maximum atomic E-state index is 12.8. The van der Waals surface area contributed by atoms with Gasteiger partial charge in [0.2, 0.25) is 5.78 Å². The minimum absolute atomic E-state index is 0.0510. The summed E-state index contributed by atoms with van der Waals surface area (Å²) >= 11 is 0. The van der Waals surface area contributed by atoms with Gasteiger partial charge in [-0.2, -0.15) is 8.42 Å². The van der Waals surface area contributed by atoms with Gasteiger partial charge in [0.15, 0.2) is 5.76 Å². The molecular formula is C28H20O5S. The number of benzene rings is 4. The second-order valence-electron chi connectivity index (χ2n) is 7.94. The Bertz CT molecular complexity index is 1500. The molecule has 168 valence electrons. The van der Waals surface area contributed by atoms with E-state index in [1.807, 2.05) is 61.5 Å². The summed E-state index contributed by atoms with van der Waals surface area (Å²) in [5, 5.41) is 0. The molecule has 34 heavy (non-hydrogen) atoms. The maximum Gasteiger partial charge on any atom is 0.339 e. The first-order valence-corrected chi connectivity index (χ1v) is 12.0. The molecule has 1 aliphatic rings.